The number of aromatic hydroxyl groups is 1. The molecule has 0 unspecified atom stereocenters. The van der Waals surface area contributed by atoms with Crippen molar-refractivity contribution in [2.75, 3.05) is 7.11 Å². The number of methoxy groups -OCH3 is 1. The number of ether oxygens (including phenoxy) is 1. The molecule has 7 nitrogen and oxygen atoms in total. The molecule has 0 saturated heterocycles. The normalized spacial score (nSPS) is 11.1. The van der Waals surface area contributed by atoms with Gasteiger partial charge in [-0.25, -0.2) is 9.67 Å². The molecule has 7 aromatic rings. The van der Waals surface area contributed by atoms with Crippen LogP contribution in [-0.2, 0) is 0 Å². The Morgan fingerprint density at radius 1 is 0.854 bits per heavy atom. The molecule has 2 N–H and O–H groups in total. The summed E-state index contributed by atoms with van der Waals surface area (Å²) in [7, 11) is 1.51. The number of rotatable bonds is 5. The van der Waals surface area contributed by atoms with Gasteiger partial charge in [-0.05, 0) is 35.9 Å². The summed E-state index contributed by atoms with van der Waals surface area (Å²) in [5.41, 5.74) is 7.14. The van der Waals surface area contributed by atoms with E-state index in [-0.39, 0.29) is 5.75 Å². The van der Waals surface area contributed by atoms with Gasteiger partial charge < -0.3 is 14.8 Å². The quantitative estimate of drug-likeness (QED) is 0.239. The van der Waals surface area contributed by atoms with Gasteiger partial charge in [0, 0.05) is 33.8 Å². The van der Waals surface area contributed by atoms with E-state index in [1.165, 1.54) is 7.11 Å². The summed E-state index contributed by atoms with van der Waals surface area (Å²) in [4.78, 5) is 8.50. The van der Waals surface area contributed by atoms with E-state index in [1.54, 1.807) is 18.2 Å². The second kappa shape index (κ2) is 9.70. The van der Waals surface area contributed by atoms with Gasteiger partial charge in [-0.2, -0.15) is 10.4 Å². The molecular weight excluding hydrogens is 510 g/mol. The molecule has 41 heavy (non-hydrogen) atoms. The Kier molecular flexibility index (Phi) is 5.73. The van der Waals surface area contributed by atoms with Crippen molar-refractivity contribution in [1.29, 1.82) is 5.26 Å². The number of phenolic OH excluding ortho intramolecular Hbond substituents is 1. The molecule has 3 aromatic heterocycles. The van der Waals surface area contributed by atoms with Gasteiger partial charge in [-0.1, -0.05) is 72.8 Å². The molecule has 0 spiro atoms. The molecule has 0 saturated carbocycles. The second-order valence-electron chi connectivity index (χ2n) is 9.62. The van der Waals surface area contributed by atoms with Crippen LogP contribution in [0.25, 0.3) is 61.3 Å². The van der Waals surface area contributed by atoms with E-state index in [1.807, 2.05) is 89.7 Å². The third-order valence-corrected chi connectivity index (χ3v) is 7.29. The monoisotopic (exact) mass is 533 g/mol. The molecule has 7 heteroatoms. The van der Waals surface area contributed by atoms with Crippen LogP contribution in [0, 0.1) is 11.3 Å². The number of phenols is 1. The number of hydrogen-bond acceptors (Lipinski definition) is 5. The molecule has 4 aromatic carbocycles. The average Bonchev–Trinajstić information content (AvgIpc) is 3.63. The third-order valence-electron chi connectivity index (χ3n) is 7.29. The van der Waals surface area contributed by atoms with Gasteiger partial charge in [-0.15, -0.1) is 0 Å². The van der Waals surface area contributed by atoms with Gasteiger partial charge >= 0.3 is 0 Å². The predicted molar refractivity (Wildman–Crippen MR) is 160 cm³/mol. The Morgan fingerprint density at radius 3 is 2.34 bits per heavy atom. The molecule has 7 rings (SSSR count). The number of nitrogens with zero attached hydrogens (tertiary/aromatic N) is 4. The van der Waals surface area contributed by atoms with Crippen LogP contribution in [0.1, 0.15) is 5.56 Å². The molecular formula is C34H23N5O2. The number of nitriles is 1. The van der Waals surface area contributed by atoms with Crippen molar-refractivity contribution in [3.05, 3.63) is 115 Å². The summed E-state index contributed by atoms with van der Waals surface area (Å²) < 4.78 is 7.30. The molecule has 196 valence electrons. The molecule has 0 radical (unpaired) electrons. The van der Waals surface area contributed by atoms with E-state index in [2.05, 4.69) is 17.1 Å². The summed E-state index contributed by atoms with van der Waals surface area (Å²) in [5, 5.41) is 28.0. The van der Waals surface area contributed by atoms with Crippen LogP contribution in [-0.4, -0.2) is 32.0 Å². The maximum atomic E-state index is 10.7. The van der Waals surface area contributed by atoms with Crippen molar-refractivity contribution in [2.45, 2.75) is 0 Å². The number of benzene rings is 4. The van der Waals surface area contributed by atoms with Gasteiger partial charge in [0.2, 0.25) is 0 Å². The zero-order valence-corrected chi connectivity index (χ0v) is 22.0. The number of aromatic nitrogens is 4. The molecule has 0 amide bonds. The third kappa shape index (κ3) is 3.89. The Bertz CT molecular complexity index is 2110. The molecule has 0 aliphatic carbocycles. The fourth-order valence-corrected chi connectivity index (χ4v) is 5.39. The summed E-state index contributed by atoms with van der Waals surface area (Å²) >= 11 is 0. The molecule has 0 fully saturated rings. The number of hydrogen-bond donors (Lipinski definition) is 2. The Morgan fingerprint density at radius 2 is 1.59 bits per heavy atom. The van der Waals surface area contributed by atoms with Crippen molar-refractivity contribution in [2.24, 2.45) is 0 Å². The minimum absolute atomic E-state index is 0.0140. The fraction of sp³-hybridized carbons (Fsp3) is 0.0294. The maximum Gasteiger partial charge on any atom is 0.164 e. The van der Waals surface area contributed by atoms with Gasteiger partial charge in [0.05, 0.1) is 29.4 Å². The van der Waals surface area contributed by atoms with Crippen molar-refractivity contribution in [3.63, 3.8) is 0 Å². The average molecular weight is 534 g/mol. The van der Waals surface area contributed by atoms with Crippen LogP contribution in [0.5, 0.6) is 11.5 Å². The molecule has 0 bridgehead atoms. The van der Waals surface area contributed by atoms with Gasteiger partial charge in [0.1, 0.15) is 11.8 Å². The zero-order valence-electron chi connectivity index (χ0n) is 22.0. The lowest BCUT2D eigenvalue weighted by atomic mass is 9.92. The van der Waals surface area contributed by atoms with Crippen molar-refractivity contribution in [3.8, 4) is 56.9 Å². The number of pyridine rings is 1. The highest BCUT2D eigenvalue weighted by molar-refractivity contribution is 6.11. The van der Waals surface area contributed by atoms with Crippen LogP contribution in [0.3, 0.4) is 0 Å². The van der Waals surface area contributed by atoms with Gasteiger partial charge in [0.15, 0.2) is 17.1 Å². The topological polar surface area (TPSA) is 99.8 Å². The lowest BCUT2D eigenvalue weighted by molar-refractivity contribution is 0.373. The van der Waals surface area contributed by atoms with E-state index in [0.29, 0.717) is 39.5 Å². The first kappa shape index (κ1) is 24.2. The minimum atomic E-state index is 0.0140. The summed E-state index contributed by atoms with van der Waals surface area (Å²) in [5.74, 6) is 0.321. The van der Waals surface area contributed by atoms with Crippen molar-refractivity contribution >= 4 is 21.9 Å². The standard InChI is InChI=1S/C34H23N5O2/c1-41-29-18-22(16-17-28(29)40)30-25(19-35)32(21-10-4-2-5-11-21)37-34-31(30)33(38-39(34)23-12-6-3-7-13-23)26-20-36-27-15-9-8-14-24(26)27/h2-18,20,36,40H,1H3. The lowest BCUT2D eigenvalue weighted by Gasteiger charge is -2.14. The van der Waals surface area contributed by atoms with Gasteiger partial charge in [0.25, 0.3) is 0 Å². The summed E-state index contributed by atoms with van der Waals surface area (Å²) in [6, 6.07) is 35.1. The first-order valence-corrected chi connectivity index (χ1v) is 13.1. The van der Waals surface area contributed by atoms with E-state index in [9.17, 15) is 10.4 Å². The van der Waals surface area contributed by atoms with Crippen LogP contribution in [0.2, 0.25) is 0 Å². The van der Waals surface area contributed by atoms with E-state index >= 15 is 0 Å². The molecule has 0 atom stereocenters. The largest absolute Gasteiger partial charge is 0.504 e. The van der Waals surface area contributed by atoms with E-state index in [4.69, 9.17) is 14.8 Å². The maximum absolute atomic E-state index is 10.7. The van der Waals surface area contributed by atoms with E-state index in [0.717, 1.165) is 33.1 Å². The SMILES string of the molecule is COc1cc(-c2c(C#N)c(-c3ccccc3)nc3c2c(-c2c[nH]c4ccccc24)nn3-c2ccccc2)ccc1O. The number of nitrogens with one attached hydrogen (secondary N) is 1. The molecule has 0 aliphatic rings. The number of fused-ring (bicyclic) bond motifs is 2. The Hall–Kier alpha value is -5.87. The highest BCUT2D eigenvalue weighted by Crippen LogP contribution is 2.44. The van der Waals surface area contributed by atoms with Crippen LogP contribution < -0.4 is 4.74 Å². The Balaban J connectivity index is 1.69. The zero-order chi connectivity index (χ0) is 27.9. The summed E-state index contributed by atoms with van der Waals surface area (Å²) in [6.45, 7) is 0. The highest BCUT2D eigenvalue weighted by atomic mass is 16.5. The minimum Gasteiger partial charge on any atom is -0.504 e. The Labute approximate surface area is 235 Å². The predicted octanol–water partition coefficient (Wildman–Crippen LogP) is 7.49. The lowest BCUT2D eigenvalue weighted by Crippen LogP contribution is -2.01. The van der Waals surface area contributed by atoms with Crippen molar-refractivity contribution < 1.29 is 9.84 Å². The smallest absolute Gasteiger partial charge is 0.164 e. The van der Waals surface area contributed by atoms with Crippen LogP contribution in [0.15, 0.2) is 109 Å². The van der Waals surface area contributed by atoms with Crippen LogP contribution >= 0.6 is 0 Å². The second-order valence-corrected chi connectivity index (χ2v) is 9.62. The van der Waals surface area contributed by atoms with Crippen LogP contribution in [0.4, 0.5) is 0 Å². The number of para-hydroxylation sites is 2. The number of aromatic amines is 1. The molecule has 0 aliphatic heterocycles. The first-order valence-electron chi connectivity index (χ1n) is 13.1. The summed E-state index contributed by atoms with van der Waals surface area (Å²) in [6.07, 6.45) is 1.94. The highest BCUT2D eigenvalue weighted by Gasteiger charge is 2.27. The number of H-pyrrole nitrogens is 1. The first-order chi connectivity index (χ1) is 20.2. The molecule has 3 heterocycles. The van der Waals surface area contributed by atoms with Crippen molar-refractivity contribution in [1.82, 2.24) is 19.7 Å². The van der Waals surface area contributed by atoms with E-state index < -0.39 is 0 Å². The fourth-order valence-electron chi connectivity index (χ4n) is 5.39. The van der Waals surface area contributed by atoms with Gasteiger partial charge in [-0.3, -0.25) is 0 Å².